The quantitative estimate of drug-likeness (QED) is 0.749. The number of amides is 1. The third-order valence-electron chi connectivity index (χ3n) is 4.42. The molecule has 0 aliphatic rings. The molecule has 7 nitrogen and oxygen atoms in total. The van der Waals surface area contributed by atoms with Gasteiger partial charge in [-0.2, -0.15) is 5.10 Å². The Kier molecular flexibility index (Phi) is 6.38. The number of benzene rings is 1. The number of carbonyl (C=O) groups excluding carboxylic acids is 1. The van der Waals surface area contributed by atoms with Gasteiger partial charge in [-0.1, -0.05) is 18.2 Å². The summed E-state index contributed by atoms with van der Waals surface area (Å²) in [6.45, 7) is 1.88. The average molecular weight is 358 g/mol. The summed E-state index contributed by atoms with van der Waals surface area (Å²) in [5.74, 6) is 0.636. The molecule has 1 aromatic heterocycles. The molecule has 1 aromatic carbocycles. The largest absolute Gasteiger partial charge is 0.496 e. The fraction of sp³-hybridized carbons (Fsp3) is 0.421. The van der Waals surface area contributed by atoms with Gasteiger partial charge < -0.3 is 14.5 Å². The molecule has 0 unspecified atom stereocenters. The maximum absolute atomic E-state index is 12.6. The molecule has 2 rings (SSSR count). The van der Waals surface area contributed by atoms with Crippen molar-refractivity contribution in [3.8, 4) is 5.75 Å². The number of hydrogen-bond donors (Lipinski definition) is 0. The average Bonchev–Trinajstić information content (AvgIpc) is 2.62. The third-order valence-corrected chi connectivity index (χ3v) is 4.42. The van der Waals surface area contributed by atoms with Crippen molar-refractivity contribution in [2.75, 3.05) is 33.2 Å². The van der Waals surface area contributed by atoms with Gasteiger partial charge in [0.15, 0.2) is 0 Å². The van der Waals surface area contributed by atoms with Crippen molar-refractivity contribution in [2.24, 2.45) is 0 Å². The molecule has 0 saturated heterocycles. The zero-order valence-corrected chi connectivity index (χ0v) is 16.0. The number of para-hydroxylation sites is 1. The van der Waals surface area contributed by atoms with E-state index in [1.807, 2.05) is 45.3 Å². The Hall–Kier alpha value is -2.83. The molecule has 0 N–H and O–H groups in total. The first-order valence-electron chi connectivity index (χ1n) is 8.45. The number of rotatable bonds is 7. The Morgan fingerprint density at radius 3 is 2.58 bits per heavy atom. The summed E-state index contributed by atoms with van der Waals surface area (Å²) in [7, 11) is 7.04. The molecular formula is C19H26N4O3. The van der Waals surface area contributed by atoms with Gasteiger partial charge in [-0.05, 0) is 25.0 Å². The standard InChI is InChI=1S/C19H26N4O3/c1-14(10-15-8-6-7-9-17(15)26-5)22(4)19(25)13-23-18(24)11-16(12-20-23)21(2)3/h6-9,11-12,14H,10,13H2,1-5H3/t14-/m1/s1. The topological polar surface area (TPSA) is 67.7 Å². The van der Waals surface area contributed by atoms with Crippen LogP contribution in [0.25, 0.3) is 0 Å². The summed E-state index contributed by atoms with van der Waals surface area (Å²) >= 11 is 0. The highest BCUT2D eigenvalue weighted by Gasteiger charge is 2.19. The lowest BCUT2D eigenvalue weighted by Crippen LogP contribution is -2.40. The highest BCUT2D eigenvalue weighted by atomic mass is 16.5. The van der Waals surface area contributed by atoms with E-state index >= 15 is 0 Å². The van der Waals surface area contributed by atoms with Crippen LogP contribution in [0.5, 0.6) is 5.75 Å². The van der Waals surface area contributed by atoms with E-state index in [9.17, 15) is 9.59 Å². The zero-order valence-electron chi connectivity index (χ0n) is 16.0. The molecule has 0 aliphatic heterocycles. The van der Waals surface area contributed by atoms with Crippen LogP contribution in [-0.2, 0) is 17.8 Å². The smallest absolute Gasteiger partial charge is 0.269 e. The highest BCUT2D eigenvalue weighted by molar-refractivity contribution is 5.76. The van der Waals surface area contributed by atoms with E-state index in [1.165, 1.54) is 10.7 Å². The first-order chi connectivity index (χ1) is 12.3. The molecule has 140 valence electrons. The van der Waals surface area contributed by atoms with Gasteiger partial charge in [0.25, 0.3) is 5.56 Å². The number of carbonyl (C=O) groups is 1. The maximum atomic E-state index is 12.6. The lowest BCUT2D eigenvalue weighted by molar-refractivity contribution is -0.132. The predicted octanol–water partition coefficient (Wildman–Crippen LogP) is 1.41. The molecule has 0 radical (unpaired) electrons. The monoisotopic (exact) mass is 358 g/mol. The van der Waals surface area contributed by atoms with E-state index in [1.54, 1.807) is 30.2 Å². The van der Waals surface area contributed by atoms with Gasteiger partial charge in [-0.3, -0.25) is 9.59 Å². The second-order valence-electron chi connectivity index (χ2n) is 6.47. The highest BCUT2D eigenvalue weighted by Crippen LogP contribution is 2.20. The number of ether oxygens (including phenoxy) is 1. The van der Waals surface area contributed by atoms with Gasteiger partial charge in [0.1, 0.15) is 12.3 Å². The molecule has 0 spiro atoms. The van der Waals surface area contributed by atoms with Gasteiger partial charge in [-0.15, -0.1) is 0 Å². The molecule has 1 amide bonds. The summed E-state index contributed by atoms with van der Waals surface area (Å²) in [4.78, 5) is 28.1. The minimum absolute atomic E-state index is 0.0458. The Morgan fingerprint density at radius 2 is 1.96 bits per heavy atom. The summed E-state index contributed by atoms with van der Waals surface area (Å²) in [6, 6.07) is 9.17. The molecule has 2 aromatic rings. The lowest BCUT2D eigenvalue weighted by atomic mass is 10.1. The van der Waals surface area contributed by atoms with Crippen LogP contribution in [0.1, 0.15) is 12.5 Å². The van der Waals surface area contributed by atoms with Gasteiger partial charge in [0.2, 0.25) is 5.91 Å². The Morgan fingerprint density at radius 1 is 1.27 bits per heavy atom. The van der Waals surface area contributed by atoms with Crippen LogP contribution in [-0.4, -0.2) is 54.9 Å². The lowest BCUT2D eigenvalue weighted by Gasteiger charge is -2.26. The van der Waals surface area contributed by atoms with Crippen LogP contribution in [0, 0.1) is 0 Å². The number of nitrogens with zero attached hydrogens (tertiary/aromatic N) is 4. The predicted molar refractivity (Wildman–Crippen MR) is 102 cm³/mol. The Balaban J connectivity index is 2.06. The SMILES string of the molecule is COc1ccccc1C[C@@H](C)N(C)C(=O)Cn1ncc(N(C)C)cc1=O. The van der Waals surface area contributed by atoms with E-state index in [4.69, 9.17) is 4.74 Å². The second-order valence-corrected chi connectivity index (χ2v) is 6.47. The van der Waals surface area contributed by atoms with Gasteiger partial charge in [-0.25, -0.2) is 4.68 Å². The second kappa shape index (κ2) is 8.51. The number of methoxy groups -OCH3 is 1. The number of anilines is 1. The Bertz CT molecular complexity index is 816. The maximum Gasteiger partial charge on any atom is 0.269 e. The van der Waals surface area contributed by atoms with E-state index in [0.717, 1.165) is 11.3 Å². The van der Waals surface area contributed by atoms with Crippen molar-refractivity contribution in [3.63, 3.8) is 0 Å². The van der Waals surface area contributed by atoms with Gasteiger partial charge >= 0.3 is 0 Å². The van der Waals surface area contributed by atoms with Crippen molar-refractivity contribution in [2.45, 2.75) is 25.9 Å². The van der Waals surface area contributed by atoms with Crippen molar-refractivity contribution in [1.29, 1.82) is 0 Å². The van der Waals surface area contributed by atoms with Crippen molar-refractivity contribution in [3.05, 3.63) is 52.4 Å². The summed E-state index contributed by atoms with van der Waals surface area (Å²) in [5, 5.41) is 4.09. The first-order valence-corrected chi connectivity index (χ1v) is 8.45. The molecular weight excluding hydrogens is 332 g/mol. The molecule has 7 heteroatoms. The van der Waals surface area contributed by atoms with Crippen LogP contribution < -0.4 is 15.2 Å². The van der Waals surface area contributed by atoms with E-state index in [2.05, 4.69) is 5.10 Å². The number of likely N-dealkylation sites (N-methyl/N-ethyl adjacent to an activating group) is 1. The minimum atomic E-state index is -0.296. The Labute approximate surface area is 153 Å². The molecule has 0 bridgehead atoms. The molecule has 26 heavy (non-hydrogen) atoms. The first kappa shape index (κ1) is 19.5. The van der Waals surface area contributed by atoms with Gasteiger partial charge in [0.05, 0.1) is 19.0 Å². The number of aromatic nitrogens is 2. The van der Waals surface area contributed by atoms with E-state index < -0.39 is 0 Å². The summed E-state index contributed by atoms with van der Waals surface area (Å²) in [5.41, 5.74) is 1.44. The molecule has 1 atom stereocenters. The number of hydrogen-bond acceptors (Lipinski definition) is 5. The normalized spacial score (nSPS) is 11.7. The van der Waals surface area contributed by atoms with E-state index in [0.29, 0.717) is 12.1 Å². The zero-order chi connectivity index (χ0) is 19.3. The molecule has 0 saturated carbocycles. The van der Waals surface area contributed by atoms with Crippen molar-refractivity contribution in [1.82, 2.24) is 14.7 Å². The van der Waals surface area contributed by atoms with Crippen molar-refractivity contribution >= 4 is 11.6 Å². The van der Waals surface area contributed by atoms with Crippen LogP contribution in [0.3, 0.4) is 0 Å². The molecule has 0 fully saturated rings. The minimum Gasteiger partial charge on any atom is -0.496 e. The third kappa shape index (κ3) is 4.62. The van der Waals surface area contributed by atoms with Crippen molar-refractivity contribution < 1.29 is 9.53 Å². The van der Waals surface area contributed by atoms with E-state index in [-0.39, 0.29) is 24.1 Å². The summed E-state index contributed by atoms with van der Waals surface area (Å²) < 4.78 is 6.55. The van der Waals surface area contributed by atoms with Crippen LogP contribution >= 0.6 is 0 Å². The van der Waals surface area contributed by atoms with Crippen LogP contribution in [0.4, 0.5) is 5.69 Å². The molecule has 0 aliphatic carbocycles. The summed E-state index contributed by atoms with van der Waals surface area (Å²) in [6.07, 6.45) is 2.24. The van der Waals surface area contributed by atoms with Crippen LogP contribution in [0.15, 0.2) is 41.3 Å². The van der Waals surface area contributed by atoms with Gasteiger partial charge in [0, 0.05) is 33.3 Å². The fourth-order valence-electron chi connectivity index (χ4n) is 2.60. The fourth-order valence-corrected chi connectivity index (χ4v) is 2.60. The molecule has 1 heterocycles. The van der Waals surface area contributed by atoms with Crippen LogP contribution in [0.2, 0.25) is 0 Å².